The number of carbonyl (C=O) groups is 2. The van der Waals surface area contributed by atoms with E-state index in [1.165, 1.54) is 54.6 Å². The molecule has 0 heterocycles. The van der Waals surface area contributed by atoms with Crippen LogP contribution in [0.15, 0.2) is 77.7 Å². The first-order chi connectivity index (χ1) is 15.7. The lowest BCUT2D eigenvalue weighted by Crippen LogP contribution is -2.41. The van der Waals surface area contributed by atoms with E-state index in [9.17, 15) is 26.8 Å². The van der Waals surface area contributed by atoms with Crippen molar-refractivity contribution in [2.75, 3.05) is 4.72 Å². The minimum atomic E-state index is -4.04. The molecule has 0 aliphatic carbocycles. The summed E-state index contributed by atoms with van der Waals surface area (Å²) < 4.78 is 56.9. The van der Waals surface area contributed by atoms with Crippen LogP contribution in [0.25, 0.3) is 0 Å². The van der Waals surface area contributed by atoms with E-state index in [4.69, 9.17) is 11.6 Å². The summed E-state index contributed by atoms with van der Waals surface area (Å²) in [6.07, 6.45) is 0. The standard InChI is InChI=1S/C21H16ClF2N3O5S/c22-14-6-4-7-15(12-14)27-33(30,31)16-8-3-5-13(11-16)19(28)25-26-20(29)17-9-1-2-10-18(17)32-21(23)24/h1-12,21,27H,(H,25,28)(H,26,29). The van der Waals surface area contributed by atoms with E-state index in [-0.39, 0.29) is 27.5 Å². The zero-order valence-electron chi connectivity index (χ0n) is 16.6. The number of rotatable bonds is 7. The third kappa shape index (κ3) is 6.40. The van der Waals surface area contributed by atoms with Gasteiger partial charge in [-0.3, -0.25) is 25.2 Å². The largest absolute Gasteiger partial charge is 0.434 e. The fourth-order valence-corrected chi connectivity index (χ4v) is 3.96. The van der Waals surface area contributed by atoms with Gasteiger partial charge in [0.1, 0.15) is 5.75 Å². The second kappa shape index (κ2) is 10.3. The van der Waals surface area contributed by atoms with Crippen LogP contribution in [-0.2, 0) is 10.0 Å². The molecule has 12 heteroatoms. The Labute approximate surface area is 192 Å². The van der Waals surface area contributed by atoms with Crippen LogP contribution in [0.4, 0.5) is 14.5 Å². The molecule has 0 unspecified atom stereocenters. The van der Waals surface area contributed by atoms with Gasteiger partial charge in [0, 0.05) is 10.6 Å². The van der Waals surface area contributed by atoms with Gasteiger partial charge in [0.25, 0.3) is 21.8 Å². The third-order valence-corrected chi connectivity index (χ3v) is 5.73. The zero-order chi connectivity index (χ0) is 24.0. The van der Waals surface area contributed by atoms with Crippen LogP contribution in [0.1, 0.15) is 20.7 Å². The summed E-state index contributed by atoms with van der Waals surface area (Å²) in [4.78, 5) is 24.5. The Balaban J connectivity index is 1.71. The van der Waals surface area contributed by atoms with E-state index in [0.29, 0.717) is 5.02 Å². The van der Waals surface area contributed by atoms with Crippen LogP contribution < -0.4 is 20.3 Å². The fourth-order valence-electron chi connectivity index (χ4n) is 2.68. The van der Waals surface area contributed by atoms with Gasteiger partial charge in [-0.1, -0.05) is 35.9 Å². The number of ether oxygens (including phenoxy) is 1. The van der Waals surface area contributed by atoms with Gasteiger partial charge in [0.05, 0.1) is 16.1 Å². The molecule has 0 saturated heterocycles. The van der Waals surface area contributed by atoms with Gasteiger partial charge in [0.15, 0.2) is 0 Å². The van der Waals surface area contributed by atoms with E-state index < -0.39 is 28.4 Å². The summed E-state index contributed by atoms with van der Waals surface area (Å²) in [5.74, 6) is -2.12. The van der Waals surface area contributed by atoms with Crippen molar-refractivity contribution in [1.29, 1.82) is 0 Å². The van der Waals surface area contributed by atoms with Gasteiger partial charge in [0.2, 0.25) is 0 Å². The van der Waals surface area contributed by atoms with Crippen LogP contribution >= 0.6 is 11.6 Å². The topological polar surface area (TPSA) is 114 Å². The van der Waals surface area contributed by atoms with Crippen LogP contribution in [0, 0.1) is 0 Å². The molecule has 3 rings (SSSR count). The smallest absolute Gasteiger partial charge is 0.387 e. The lowest BCUT2D eigenvalue weighted by molar-refractivity contribution is -0.0501. The molecule has 0 aliphatic heterocycles. The van der Waals surface area contributed by atoms with Gasteiger partial charge < -0.3 is 4.74 Å². The van der Waals surface area contributed by atoms with Crippen molar-refractivity contribution in [3.8, 4) is 5.75 Å². The predicted octanol–water partition coefficient (Wildman–Crippen LogP) is 3.82. The first-order valence-corrected chi connectivity index (χ1v) is 11.0. The highest BCUT2D eigenvalue weighted by Crippen LogP contribution is 2.21. The van der Waals surface area contributed by atoms with Gasteiger partial charge in [-0.15, -0.1) is 0 Å². The molecule has 3 aromatic rings. The first kappa shape index (κ1) is 24.0. The molecule has 0 atom stereocenters. The van der Waals surface area contributed by atoms with Crippen LogP contribution in [-0.4, -0.2) is 26.8 Å². The molecule has 3 N–H and O–H groups in total. The van der Waals surface area contributed by atoms with Gasteiger partial charge in [-0.2, -0.15) is 8.78 Å². The van der Waals surface area contributed by atoms with Crippen molar-refractivity contribution in [2.24, 2.45) is 0 Å². The molecular weight excluding hydrogens is 480 g/mol. The number of sulfonamides is 1. The van der Waals surface area contributed by atoms with E-state index in [1.54, 1.807) is 12.1 Å². The summed E-state index contributed by atoms with van der Waals surface area (Å²) in [6, 6.07) is 16.3. The number of nitrogens with one attached hydrogen (secondary N) is 3. The summed E-state index contributed by atoms with van der Waals surface area (Å²) >= 11 is 5.86. The molecular formula is C21H16ClF2N3O5S. The van der Waals surface area contributed by atoms with Crippen molar-refractivity contribution in [3.63, 3.8) is 0 Å². The molecule has 0 saturated carbocycles. The summed E-state index contributed by atoms with van der Waals surface area (Å²) in [7, 11) is -4.04. The van der Waals surface area contributed by atoms with E-state index in [1.807, 2.05) is 0 Å². The van der Waals surface area contributed by atoms with Crippen molar-refractivity contribution in [1.82, 2.24) is 10.9 Å². The molecule has 33 heavy (non-hydrogen) atoms. The van der Waals surface area contributed by atoms with Gasteiger partial charge in [-0.05, 0) is 48.5 Å². The lowest BCUT2D eigenvalue weighted by Gasteiger charge is -2.12. The first-order valence-electron chi connectivity index (χ1n) is 9.19. The molecule has 0 aliphatic rings. The highest BCUT2D eigenvalue weighted by atomic mass is 35.5. The zero-order valence-corrected chi connectivity index (χ0v) is 18.2. The van der Waals surface area contributed by atoms with Crippen molar-refractivity contribution < 1.29 is 31.5 Å². The maximum absolute atomic E-state index is 12.6. The number of halogens is 3. The van der Waals surface area contributed by atoms with E-state index >= 15 is 0 Å². The molecule has 0 spiro atoms. The molecule has 172 valence electrons. The SMILES string of the molecule is O=C(NNC(=O)c1ccccc1OC(F)F)c1cccc(S(=O)(=O)Nc2cccc(Cl)c2)c1. The fraction of sp³-hybridized carbons (Fsp3) is 0.0476. The minimum Gasteiger partial charge on any atom is -0.434 e. The Kier molecular flexibility index (Phi) is 7.46. The van der Waals surface area contributed by atoms with Crippen LogP contribution in [0.2, 0.25) is 5.02 Å². The minimum absolute atomic E-state index is 0.0821. The number of carbonyl (C=O) groups excluding carboxylic acids is 2. The summed E-state index contributed by atoms with van der Waals surface area (Å²) in [6.45, 7) is -3.14. The Bertz CT molecular complexity index is 1290. The summed E-state index contributed by atoms with van der Waals surface area (Å²) in [5.41, 5.74) is 4.08. The number of alkyl halides is 2. The number of hydrogen-bond acceptors (Lipinski definition) is 5. The quantitative estimate of drug-likeness (QED) is 0.431. The normalized spacial score (nSPS) is 11.0. The third-order valence-electron chi connectivity index (χ3n) is 4.12. The molecule has 2 amide bonds. The van der Waals surface area contributed by atoms with Gasteiger partial charge >= 0.3 is 6.61 Å². The van der Waals surface area contributed by atoms with Crippen molar-refractivity contribution in [3.05, 3.63) is 88.9 Å². The Hall–Kier alpha value is -3.70. The number of benzene rings is 3. The summed E-state index contributed by atoms with van der Waals surface area (Å²) in [5, 5.41) is 0.333. The molecule has 0 radical (unpaired) electrons. The number of hydrogen-bond donors (Lipinski definition) is 3. The molecule has 8 nitrogen and oxygen atoms in total. The second-order valence-electron chi connectivity index (χ2n) is 6.43. The molecule has 0 fully saturated rings. The highest BCUT2D eigenvalue weighted by molar-refractivity contribution is 7.92. The molecule has 3 aromatic carbocycles. The number of amides is 2. The average molecular weight is 496 g/mol. The van der Waals surface area contributed by atoms with Crippen LogP contribution in [0.3, 0.4) is 0 Å². The maximum atomic E-state index is 12.6. The number of para-hydroxylation sites is 1. The lowest BCUT2D eigenvalue weighted by atomic mass is 10.2. The monoisotopic (exact) mass is 495 g/mol. The van der Waals surface area contributed by atoms with Crippen molar-refractivity contribution in [2.45, 2.75) is 11.5 Å². The Morgan fingerprint density at radius 1 is 0.879 bits per heavy atom. The van der Waals surface area contributed by atoms with Crippen molar-refractivity contribution >= 4 is 39.1 Å². The van der Waals surface area contributed by atoms with Gasteiger partial charge in [-0.25, -0.2) is 8.42 Å². The van der Waals surface area contributed by atoms with Crippen LogP contribution in [0.5, 0.6) is 5.75 Å². The van der Waals surface area contributed by atoms with E-state index in [2.05, 4.69) is 20.3 Å². The number of hydrazine groups is 1. The molecule has 0 aromatic heterocycles. The Morgan fingerprint density at radius 2 is 1.58 bits per heavy atom. The second-order valence-corrected chi connectivity index (χ2v) is 8.55. The number of anilines is 1. The highest BCUT2D eigenvalue weighted by Gasteiger charge is 2.19. The Morgan fingerprint density at radius 3 is 2.30 bits per heavy atom. The average Bonchev–Trinajstić information content (AvgIpc) is 2.77. The van der Waals surface area contributed by atoms with E-state index in [0.717, 1.165) is 6.07 Å². The molecule has 0 bridgehead atoms. The predicted molar refractivity (Wildman–Crippen MR) is 117 cm³/mol. The maximum Gasteiger partial charge on any atom is 0.387 e.